The molecule has 0 bridgehead atoms. The Bertz CT molecular complexity index is 198. The van der Waals surface area contributed by atoms with Crippen molar-refractivity contribution in [1.29, 1.82) is 0 Å². The molecule has 3 N–H and O–H groups in total. The van der Waals surface area contributed by atoms with Gasteiger partial charge in [0.25, 0.3) is 0 Å². The van der Waals surface area contributed by atoms with E-state index in [0.717, 1.165) is 25.7 Å². The van der Waals surface area contributed by atoms with Gasteiger partial charge in [0, 0.05) is 5.92 Å². The van der Waals surface area contributed by atoms with Crippen LogP contribution in [0.1, 0.15) is 32.1 Å². The molecule has 0 radical (unpaired) electrons. The number of carbonyl (C=O) groups is 1. The van der Waals surface area contributed by atoms with E-state index >= 15 is 0 Å². The van der Waals surface area contributed by atoms with E-state index in [0.29, 0.717) is 0 Å². The lowest BCUT2D eigenvalue weighted by Crippen LogP contribution is -2.32. The van der Waals surface area contributed by atoms with Crippen molar-refractivity contribution in [3.05, 3.63) is 12.5 Å². The summed E-state index contributed by atoms with van der Waals surface area (Å²) in [6.45, 7) is 3.43. The lowest BCUT2D eigenvalue weighted by Gasteiger charge is -2.20. The molecule has 4 nitrogen and oxygen atoms in total. The average molecular weight is 184 g/mol. The van der Waals surface area contributed by atoms with Gasteiger partial charge in [-0.2, -0.15) is 5.90 Å². The van der Waals surface area contributed by atoms with E-state index in [4.69, 9.17) is 5.90 Å². The standard InChI is InChI=1S/C9H16N2O2/c1-7(13-10)11-9(12)8-5-3-2-4-6-8/h8H,1-6,10H2,(H,11,12). The number of carbonyl (C=O) groups excluding carboxylic acids is 1. The lowest BCUT2D eigenvalue weighted by molar-refractivity contribution is -0.126. The summed E-state index contributed by atoms with van der Waals surface area (Å²) in [6.07, 6.45) is 5.42. The third kappa shape index (κ3) is 3.06. The molecule has 0 unspecified atom stereocenters. The highest BCUT2D eigenvalue weighted by molar-refractivity contribution is 5.79. The molecule has 1 amide bonds. The highest BCUT2D eigenvalue weighted by Gasteiger charge is 2.21. The third-order valence-electron chi connectivity index (χ3n) is 2.38. The van der Waals surface area contributed by atoms with Gasteiger partial charge in [-0.3, -0.25) is 10.1 Å². The van der Waals surface area contributed by atoms with E-state index in [1.807, 2.05) is 0 Å². The maximum absolute atomic E-state index is 11.5. The van der Waals surface area contributed by atoms with Gasteiger partial charge in [0.1, 0.15) is 0 Å². The first-order valence-corrected chi connectivity index (χ1v) is 4.60. The summed E-state index contributed by atoms with van der Waals surface area (Å²) >= 11 is 0. The fourth-order valence-corrected chi connectivity index (χ4v) is 1.63. The molecule has 74 valence electrons. The van der Waals surface area contributed by atoms with Crippen LogP contribution in [0.4, 0.5) is 0 Å². The molecule has 0 aromatic heterocycles. The van der Waals surface area contributed by atoms with Crippen LogP contribution in [-0.2, 0) is 9.63 Å². The van der Waals surface area contributed by atoms with Crippen LogP contribution in [0.25, 0.3) is 0 Å². The first kappa shape index (κ1) is 10.1. The van der Waals surface area contributed by atoms with Crippen LogP contribution in [0, 0.1) is 5.92 Å². The summed E-state index contributed by atoms with van der Waals surface area (Å²) in [7, 11) is 0. The summed E-state index contributed by atoms with van der Waals surface area (Å²) < 4.78 is 0. The maximum Gasteiger partial charge on any atom is 0.229 e. The van der Waals surface area contributed by atoms with Gasteiger partial charge >= 0.3 is 0 Å². The Kier molecular flexibility index (Phi) is 3.76. The molecule has 0 aromatic rings. The van der Waals surface area contributed by atoms with Gasteiger partial charge in [0.05, 0.1) is 0 Å². The number of amides is 1. The van der Waals surface area contributed by atoms with Crippen LogP contribution in [0.3, 0.4) is 0 Å². The number of nitrogens with one attached hydrogen (secondary N) is 1. The van der Waals surface area contributed by atoms with Crippen LogP contribution in [-0.4, -0.2) is 5.91 Å². The van der Waals surface area contributed by atoms with Crippen LogP contribution in [0.5, 0.6) is 0 Å². The van der Waals surface area contributed by atoms with Gasteiger partial charge in [0.2, 0.25) is 11.8 Å². The number of hydrogen-bond donors (Lipinski definition) is 2. The third-order valence-corrected chi connectivity index (χ3v) is 2.38. The Morgan fingerprint density at radius 3 is 2.54 bits per heavy atom. The van der Waals surface area contributed by atoms with E-state index in [2.05, 4.69) is 16.7 Å². The zero-order chi connectivity index (χ0) is 9.68. The van der Waals surface area contributed by atoms with Crippen LogP contribution < -0.4 is 11.2 Å². The molecule has 13 heavy (non-hydrogen) atoms. The smallest absolute Gasteiger partial charge is 0.229 e. The molecule has 0 heterocycles. The normalized spacial score (nSPS) is 17.9. The van der Waals surface area contributed by atoms with E-state index in [-0.39, 0.29) is 17.7 Å². The van der Waals surface area contributed by atoms with E-state index < -0.39 is 0 Å². The van der Waals surface area contributed by atoms with Crippen molar-refractivity contribution in [2.45, 2.75) is 32.1 Å². The Morgan fingerprint density at radius 1 is 1.38 bits per heavy atom. The predicted octanol–water partition coefficient (Wildman–Crippen LogP) is 1.04. The number of nitrogens with two attached hydrogens (primary N) is 1. The minimum absolute atomic E-state index is 0.0184. The van der Waals surface area contributed by atoms with Crippen molar-refractivity contribution in [3.63, 3.8) is 0 Å². The number of rotatable bonds is 3. The van der Waals surface area contributed by atoms with Gasteiger partial charge in [-0.05, 0) is 19.4 Å². The topological polar surface area (TPSA) is 64.3 Å². The van der Waals surface area contributed by atoms with Crippen molar-refractivity contribution in [2.24, 2.45) is 11.8 Å². The molecule has 1 fully saturated rings. The molecule has 0 atom stereocenters. The molecule has 1 aliphatic rings. The molecule has 4 heteroatoms. The molecule has 0 saturated heterocycles. The summed E-state index contributed by atoms with van der Waals surface area (Å²) in [5.41, 5.74) is 0. The van der Waals surface area contributed by atoms with Crippen LogP contribution >= 0.6 is 0 Å². The zero-order valence-electron chi connectivity index (χ0n) is 7.71. The second-order valence-electron chi connectivity index (χ2n) is 3.37. The van der Waals surface area contributed by atoms with Crippen LogP contribution in [0.15, 0.2) is 12.5 Å². The van der Waals surface area contributed by atoms with Gasteiger partial charge in [-0.1, -0.05) is 19.3 Å². The van der Waals surface area contributed by atoms with Gasteiger partial charge < -0.3 is 4.84 Å². The van der Waals surface area contributed by atoms with E-state index in [9.17, 15) is 4.79 Å². The average Bonchev–Trinajstić information content (AvgIpc) is 2.19. The second-order valence-corrected chi connectivity index (χ2v) is 3.37. The predicted molar refractivity (Wildman–Crippen MR) is 49.1 cm³/mol. The van der Waals surface area contributed by atoms with E-state index in [1.54, 1.807) is 0 Å². The quantitative estimate of drug-likeness (QED) is 0.509. The Hall–Kier alpha value is -1.03. The van der Waals surface area contributed by atoms with Crippen LogP contribution in [0.2, 0.25) is 0 Å². The fourth-order valence-electron chi connectivity index (χ4n) is 1.63. The molecule has 0 spiro atoms. The molecular weight excluding hydrogens is 168 g/mol. The summed E-state index contributed by atoms with van der Waals surface area (Å²) in [6, 6.07) is 0. The Labute approximate surface area is 78.1 Å². The summed E-state index contributed by atoms with van der Waals surface area (Å²) in [4.78, 5) is 15.7. The zero-order valence-corrected chi connectivity index (χ0v) is 7.71. The Balaban J connectivity index is 2.33. The lowest BCUT2D eigenvalue weighted by atomic mass is 9.89. The molecular formula is C9H16N2O2. The second kappa shape index (κ2) is 4.87. The molecule has 1 aliphatic carbocycles. The fraction of sp³-hybridized carbons (Fsp3) is 0.667. The van der Waals surface area contributed by atoms with Gasteiger partial charge in [-0.25, -0.2) is 0 Å². The summed E-state index contributed by atoms with van der Waals surface area (Å²) in [5.74, 6) is 5.05. The minimum atomic E-state index is -0.0184. The number of hydrogen-bond acceptors (Lipinski definition) is 3. The van der Waals surface area contributed by atoms with Gasteiger partial charge in [0.15, 0.2) is 0 Å². The van der Waals surface area contributed by atoms with Crippen molar-refractivity contribution < 1.29 is 9.63 Å². The maximum atomic E-state index is 11.5. The van der Waals surface area contributed by atoms with E-state index in [1.165, 1.54) is 6.42 Å². The SMILES string of the molecule is C=C(NC(=O)C1CCCCC1)ON. The van der Waals surface area contributed by atoms with Crippen molar-refractivity contribution in [2.75, 3.05) is 0 Å². The molecule has 1 rings (SSSR count). The first-order chi connectivity index (χ1) is 6.24. The molecule has 0 aliphatic heterocycles. The molecule has 0 aromatic carbocycles. The van der Waals surface area contributed by atoms with Crippen molar-refractivity contribution >= 4 is 5.91 Å². The minimum Gasteiger partial charge on any atom is -0.394 e. The van der Waals surface area contributed by atoms with Crippen molar-refractivity contribution in [3.8, 4) is 0 Å². The summed E-state index contributed by atoms with van der Waals surface area (Å²) in [5, 5.41) is 2.52. The monoisotopic (exact) mass is 184 g/mol. The van der Waals surface area contributed by atoms with Gasteiger partial charge in [-0.15, -0.1) is 0 Å². The van der Waals surface area contributed by atoms with Crippen molar-refractivity contribution in [1.82, 2.24) is 5.32 Å². The Morgan fingerprint density at radius 2 is 2.00 bits per heavy atom. The molecule has 1 saturated carbocycles. The highest BCUT2D eigenvalue weighted by atomic mass is 16.6. The largest absolute Gasteiger partial charge is 0.394 e. The first-order valence-electron chi connectivity index (χ1n) is 4.60. The highest BCUT2D eigenvalue weighted by Crippen LogP contribution is 2.23.